The van der Waals surface area contributed by atoms with Crippen LogP contribution in [0.1, 0.15) is 46.4 Å². The van der Waals surface area contributed by atoms with Crippen molar-refractivity contribution in [2.45, 2.75) is 25.7 Å². The van der Waals surface area contributed by atoms with Crippen LogP contribution >= 0.6 is 0 Å². The number of aromatic carboxylic acids is 1. The molecule has 1 aromatic rings. The number of benzene rings is 1. The quantitative estimate of drug-likeness (QED) is 0.590. The number of nitrogens with one attached hydrogen (secondary N) is 1. The Bertz CT molecular complexity index is 514. The van der Waals surface area contributed by atoms with Gasteiger partial charge in [0.15, 0.2) is 0 Å². The second kappa shape index (κ2) is 9.30. The normalized spacial score (nSPS) is 20.8. The van der Waals surface area contributed by atoms with Gasteiger partial charge in [0, 0.05) is 12.1 Å². The second-order valence-electron chi connectivity index (χ2n) is 5.70. The first kappa shape index (κ1) is 19.2. The molecule has 0 radical (unpaired) electrons. The van der Waals surface area contributed by atoms with Gasteiger partial charge in [-0.05, 0) is 61.8 Å². The fraction of sp³-hybridized carbons (Fsp3) is 0.500. The Hall–Kier alpha value is -0.880. The van der Waals surface area contributed by atoms with Crippen LogP contribution < -0.4 is 45.7 Å². The Balaban J connectivity index is 0.00000242. The molecular weight excluding hydrogens is 291 g/mol. The average molecular weight is 312 g/mol. The van der Waals surface area contributed by atoms with Gasteiger partial charge in [-0.3, -0.25) is 4.79 Å². The van der Waals surface area contributed by atoms with Crippen molar-refractivity contribution in [1.29, 1.82) is 0 Å². The number of rotatable bonds is 5. The minimum Gasteiger partial charge on any atom is -0.545 e. The van der Waals surface area contributed by atoms with E-state index in [2.05, 4.69) is 5.32 Å². The van der Waals surface area contributed by atoms with E-state index < -0.39 is 5.97 Å². The number of hydrogen-bond donors (Lipinski definition) is 2. The summed E-state index contributed by atoms with van der Waals surface area (Å²) in [5.74, 6) is -0.401. The van der Waals surface area contributed by atoms with Gasteiger partial charge >= 0.3 is 29.6 Å². The van der Waals surface area contributed by atoms with Gasteiger partial charge in [0.25, 0.3) is 5.91 Å². The van der Waals surface area contributed by atoms with Gasteiger partial charge in [0.1, 0.15) is 0 Å². The molecule has 6 heteroatoms. The van der Waals surface area contributed by atoms with E-state index in [-0.39, 0.29) is 41.0 Å². The molecule has 0 aliphatic heterocycles. The van der Waals surface area contributed by atoms with Gasteiger partial charge in [-0.25, -0.2) is 0 Å². The maximum atomic E-state index is 12.0. The summed E-state index contributed by atoms with van der Waals surface area (Å²) in [6, 6.07) is 5.91. The second-order valence-corrected chi connectivity index (χ2v) is 5.70. The molecule has 2 rings (SSSR count). The van der Waals surface area contributed by atoms with Crippen LogP contribution in [-0.4, -0.2) is 25.0 Å². The summed E-state index contributed by atoms with van der Waals surface area (Å²) in [6.45, 7) is 1.38. The zero-order valence-corrected chi connectivity index (χ0v) is 15.0. The summed E-state index contributed by atoms with van der Waals surface area (Å²) in [4.78, 5) is 22.8. The zero-order chi connectivity index (χ0) is 15.2. The van der Waals surface area contributed by atoms with Gasteiger partial charge in [-0.1, -0.05) is 12.1 Å². The maximum absolute atomic E-state index is 12.0. The van der Waals surface area contributed by atoms with E-state index in [1.807, 2.05) is 0 Å². The maximum Gasteiger partial charge on any atom is 1.00 e. The molecule has 0 bridgehead atoms. The molecule has 0 spiro atoms. The number of carbonyl (C=O) groups excluding carboxylic acids is 2. The van der Waals surface area contributed by atoms with Crippen molar-refractivity contribution < 1.29 is 44.3 Å². The van der Waals surface area contributed by atoms with E-state index >= 15 is 0 Å². The summed E-state index contributed by atoms with van der Waals surface area (Å²) < 4.78 is 0. The topological polar surface area (TPSA) is 95.2 Å². The Morgan fingerprint density at radius 3 is 2.32 bits per heavy atom. The van der Waals surface area contributed by atoms with E-state index in [9.17, 15) is 14.7 Å². The molecule has 1 aromatic carbocycles. The Labute approximate surface area is 152 Å². The molecule has 0 saturated heterocycles. The number of carboxylic acids is 1. The third-order valence-electron chi connectivity index (χ3n) is 4.21. The molecule has 1 aliphatic carbocycles. The summed E-state index contributed by atoms with van der Waals surface area (Å²) in [5.41, 5.74) is 6.04. The molecule has 1 saturated carbocycles. The molecule has 0 unspecified atom stereocenters. The van der Waals surface area contributed by atoms with Crippen LogP contribution in [0.2, 0.25) is 0 Å². The van der Waals surface area contributed by atoms with Crippen molar-refractivity contribution in [2.75, 3.05) is 13.1 Å². The third-order valence-corrected chi connectivity index (χ3v) is 4.21. The first-order chi connectivity index (χ1) is 10.1. The van der Waals surface area contributed by atoms with Gasteiger partial charge in [-0.2, -0.15) is 0 Å². The van der Waals surface area contributed by atoms with Gasteiger partial charge in [0.2, 0.25) is 0 Å². The zero-order valence-electron chi connectivity index (χ0n) is 13.0. The van der Waals surface area contributed by atoms with Crippen LogP contribution in [0, 0.1) is 11.8 Å². The minimum atomic E-state index is -1.27. The SMILES string of the molecule is NCC1CCC(CNC(=O)c2cccc(C(=O)[O-])c2)CC1.[Na+]. The molecule has 1 amide bonds. The summed E-state index contributed by atoms with van der Waals surface area (Å²) in [7, 11) is 0. The Morgan fingerprint density at radius 1 is 1.14 bits per heavy atom. The molecule has 1 fully saturated rings. The molecule has 22 heavy (non-hydrogen) atoms. The van der Waals surface area contributed by atoms with Crippen LogP contribution in [0.5, 0.6) is 0 Å². The van der Waals surface area contributed by atoms with Crippen molar-refractivity contribution in [3.05, 3.63) is 35.4 Å². The summed E-state index contributed by atoms with van der Waals surface area (Å²) in [6.07, 6.45) is 4.41. The number of nitrogens with two attached hydrogens (primary N) is 1. The molecule has 0 atom stereocenters. The molecular formula is C16H21N2NaO3. The molecule has 5 nitrogen and oxygen atoms in total. The van der Waals surface area contributed by atoms with E-state index in [1.165, 1.54) is 12.1 Å². The molecule has 1 aliphatic rings. The Kier molecular flexibility index (Phi) is 8.10. The summed E-state index contributed by atoms with van der Waals surface area (Å²) in [5, 5.41) is 13.7. The van der Waals surface area contributed by atoms with Crippen molar-refractivity contribution in [3.63, 3.8) is 0 Å². The number of carbonyl (C=O) groups is 2. The molecule has 0 heterocycles. The molecule has 114 valence electrons. The Morgan fingerprint density at radius 2 is 1.73 bits per heavy atom. The standard InChI is InChI=1S/C16H22N2O3.Na/c17-9-11-4-6-12(7-5-11)10-18-15(19)13-2-1-3-14(8-13)16(20)21;/h1-3,8,11-12H,4-7,9-10,17H2,(H,18,19)(H,20,21);/q;+1/p-1. The van der Waals surface area contributed by atoms with E-state index in [4.69, 9.17) is 5.73 Å². The first-order valence-electron chi connectivity index (χ1n) is 7.40. The molecule has 0 aromatic heterocycles. The van der Waals surface area contributed by atoms with Crippen molar-refractivity contribution >= 4 is 11.9 Å². The average Bonchev–Trinajstić information content (AvgIpc) is 2.53. The van der Waals surface area contributed by atoms with Gasteiger partial charge in [0.05, 0.1) is 5.97 Å². The minimum absolute atomic E-state index is 0. The molecule has 3 N–H and O–H groups in total. The fourth-order valence-electron chi connectivity index (χ4n) is 2.80. The van der Waals surface area contributed by atoms with Crippen LogP contribution in [-0.2, 0) is 0 Å². The smallest absolute Gasteiger partial charge is 0.545 e. The van der Waals surface area contributed by atoms with E-state index in [1.54, 1.807) is 12.1 Å². The summed E-state index contributed by atoms with van der Waals surface area (Å²) >= 11 is 0. The predicted molar refractivity (Wildman–Crippen MR) is 77.6 cm³/mol. The fourth-order valence-corrected chi connectivity index (χ4v) is 2.80. The van der Waals surface area contributed by atoms with Crippen molar-refractivity contribution in [2.24, 2.45) is 17.6 Å². The largest absolute Gasteiger partial charge is 1.00 e. The van der Waals surface area contributed by atoms with Gasteiger partial charge in [-0.15, -0.1) is 0 Å². The third kappa shape index (κ3) is 5.39. The first-order valence-corrected chi connectivity index (χ1v) is 7.40. The van der Waals surface area contributed by atoms with Crippen molar-refractivity contribution in [1.82, 2.24) is 5.32 Å². The number of carboxylic acid groups (broad SMARTS) is 1. The van der Waals surface area contributed by atoms with Gasteiger partial charge < -0.3 is 21.0 Å². The van der Waals surface area contributed by atoms with Crippen LogP contribution in [0.25, 0.3) is 0 Å². The van der Waals surface area contributed by atoms with E-state index in [0.29, 0.717) is 23.9 Å². The van der Waals surface area contributed by atoms with E-state index in [0.717, 1.165) is 32.2 Å². The number of hydrogen-bond acceptors (Lipinski definition) is 4. The van der Waals surface area contributed by atoms with Crippen LogP contribution in [0.15, 0.2) is 24.3 Å². The van der Waals surface area contributed by atoms with Crippen LogP contribution in [0.4, 0.5) is 0 Å². The predicted octanol–water partition coefficient (Wildman–Crippen LogP) is -2.45. The number of amides is 1. The van der Waals surface area contributed by atoms with Crippen LogP contribution in [0.3, 0.4) is 0 Å². The van der Waals surface area contributed by atoms with Crippen molar-refractivity contribution in [3.8, 4) is 0 Å². The monoisotopic (exact) mass is 312 g/mol.